The van der Waals surface area contributed by atoms with Crippen LogP contribution in [0.3, 0.4) is 0 Å². The van der Waals surface area contributed by atoms with Gasteiger partial charge in [0.05, 0.1) is 5.41 Å². The smallest absolute Gasteiger partial charge is 0.230 e. The van der Waals surface area contributed by atoms with Gasteiger partial charge in [-0.05, 0) is 54.5 Å². The molecular weight excluding hydrogens is 416 g/mol. The molecule has 146 valence electrons. The molecule has 3 aromatic rings. The predicted molar refractivity (Wildman–Crippen MR) is 115 cm³/mol. The Labute approximate surface area is 174 Å². The average Bonchev–Trinajstić information content (AvgIpc) is 3.15. The van der Waals surface area contributed by atoms with Crippen molar-refractivity contribution in [1.82, 2.24) is 9.88 Å². The van der Waals surface area contributed by atoms with Gasteiger partial charge in [-0.1, -0.05) is 46.3 Å². The number of para-hydroxylation sites is 1. The number of aromatic nitrogens is 1. The molecule has 28 heavy (non-hydrogen) atoms. The number of ether oxygens (including phenoxy) is 1. The molecule has 1 amide bonds. The van der Waals surface area contributed by atoms with Crippen LogP contribution < -0.4 is 5.32 Å². The molecule has 1 fully saturated rings. The fourth-order valence-corrected chi connectivity index (χ4v) is 4.36. The molecule has 5 heteroatoms. The Bertz CT molecular complexity index is 943. The van der Waals surface area contributed by atoms with E-state index in [4.69, 9.17) is 4.74 Å². The lowest BCUT2D eigenvalue weighted by Gasteiger charge is -2.36. The van der Waals surface area contributed by atoms with Crippen molar-refractivity contribution in [3.63, 3.8) is 0 Å². The number of rotatable bonds is 6. The fourth-order valence-electron chi connectivity index (χ4n) is 4.09. The molecule has 0 unspecified atom stereocenters. The molecule has 2 heterocycles. The van der Waals surface area contributed by atoms with Crippen molar-refractivity contribution in [3.8, 4) is 0 Å². The van der Waals surface area contributed by atoms with Crippen molar-refractivity contribution in [2.24, 2.45) is 0 Å². The van der Waals surface area contributed by atoms with Gasteiger partial charge < -0.3 is 14.6 Å². The van der Waals surface area contributed by atoms with E-state index < -0.39 is 5.41 Å². The quantitative estimate of drug-likeness (QED) is 0.566. The minimum atomic E-state index is -0.487. The predicted octanol–water partition coefficient (Wildman–Crippen LogP) is 4.66. The van der Waals surface area contributed by atoms with Crippen LogP contribution in [-0.2, 0) is 21.5 Å². The number of carbonyl (C=O) groups excluding carboxylic acids is 1. The minimum Gasteiger partial charge on any atom is -0.381 e. The lowest BCUT2D eigenvalue weighted by molar-refractivity contribution is -0.130. The van der Waals surface area contributed by atoms with Gasteiger partial charge in [-0.2, -0.15) is 0 Å². The van der Waals surface area contributed by atoms with E-state index in [1.54, 1.807) is 0 Å². The first-order valence-corrected chi connectivity index (χ1v) is 10.6. The summed E-state index contributed by atoms with van der Waals surface area (Å²) in [5.74, 6) is 0.121. The van der Waals surface area contributed by atoms with Crippen LogP contribution in [0.15, 0.2) is 65.3 Å². The highest BCUT2D eigenvalue weighted by Crippen LogP contribution is 2.35. The average molecular weight is 441 g/mol. The number of halogens is 1. The summed E-state index contributed by atoms with van der Waals surface area (Å²) in [6.07, 6.45) is 4.47. The van der Waals surface area contributed by atoms with Crippen LogP contribution in [0, 0.1) is 0 Å². The third kappa shape index (κ3) is 3.87. The summed E-state index contributed by atoms with van der Waals surface area (Å²) < 4.78 is 8.82. The molecule has 0 radical (unpaired) electrons. The summed E-state index contributed by atoms with van der Waals surface area (Å²) in [5, 5.41) is 4.45. The highest BCUT2D eigenvalue weighted by molar-refractivity contribution is 9.10. The van der Waals surface area contributed by atoms with Gasteiger partial charge >= 0.3 is 0 Å². The standard InChI is InChI=1S/C23H25BrN2O2/c24-20-8-6-19(7-9-20)23(11-16-28-17-12-23)22(27)25-13-3-14-26-15-10-18-4-1-2-5-21(18)26/h1-2,4-10,15H,3,11-14,16-17H2,(H,25,27). The van der Waals surface area contributed by atoms with Crippen LogP contribution in [0.25, 0.3) is 10.9 Å². The number of amides is 1. The van der Waals surface area contributed by atoms with E-state index in [0.29, 0.717) is 19.8 Å². The largest absolute Gasteiger partial charge is 0.381 e. The molecule has 0 aliphatic carbocycles. The zero-order valence-corrected chi connectivity index (χ0v) is 17.5. The number of benzene rings is 2. The van der Waals surface area contributed by atoms with Crippen molar-refractivity contribution in [2.75, 3.05) is 19.8 Å². The number of hydrogen-bond donors (Lipinski definition) is 1. The number of aryl methyl sites for hydroxylation is 1. The molecular formula is C23H25BrN2O2. The van der Waals surface area contributed by atoms with Gasteiger partial charge in [0.1, 0.15) is 0 Å². The second kappa shape index (κ2) is 8.50. The third-order valence-corrected chi connectivity index (χ3v) is 6.25. The Morgan fingerprint density at radius 1 is 1.07 bits per heavy atom. The maximum atomic E-state index is 13.2. The highest BCUT2D eigenvalue weighted by atomic mass is 79.9. The van der Waals surface area contributed by atoms with Crippen LogP contribution in [0.5, 0.6) is 0 Å². The van der Waals surface area contributed by atoms with Crippen molar-refractivity contribution in [3.05, 3.63) is 70.8 Å². The van der Waals surface area contributed by atoms with Gasteiger partial charge in [0.15, 0.2) is 0 Å². The number of carbonyl (C=O) groups is 1. The summed E-state index contributed by atoms with van der Waals surface area (Å²) in [6.45, 7) is 2.81. The summed E-state index contributed by atoms with van der Waals surface area (Å²) in [7, 11) is 0. The Morgan fingerprint density at radius 3 is 2.61 bits per heavy atom. The number of nitrogens with zero attached hydrogens (tertiary/aromatic N) is 1. The zero-order valence-electron chi connectivity index (χ0n) is 15.9. The van der Waals surface area contributed by atoms with Gasteiger partial charge in [-0.3, -0.25) is 4.79 Å². The molecule has 1 aliphatic heterocycles. The molecule has 0 bridgehead atoms. The molecule has 0 atom stereocenters. The summed E-state index contributed by atoms with van der Waals surface area (Å²) in [4.78, 5) is 13.2. The van der Waals surface area contributed by atoms with Gasteiger partial charge in [0.2, 0.25) is 5.91 Å². The molecule has 1 aromatic heterocycles. The lowest BCUT2D eigenvalue weighted by Crippen LogP contribution is -2.48. The molecule has 2 aromatic carbocycles. The van der Waals surface area contributed by atoms with E-state index in [2.05, 4.69) is 74.5 Å². The monoisotopic (exact) mass is 440 g/mol. The lowest BCUT2D eigenvalue weighted by atomic mass is 9.73. The number of hydrogen-bond acceptors (Lipinski definition) is 2. The van der Waals surface area contributed by atoms with Crippen molar-refractivity contribution >= 4 is 32.7 Å². The van der Waals surface area contributed by atoms with E-state index in [0.717, 1.165) is 35.8 Å². The van der Waals surface area contributed by atoms with Crippen molar-refractivity contribution in [2.45, 2.75) is 31.2 Å². The molecule has 0 spiro atoms. The van der Waals surface area contributed by atoms with Crippen LogP contribution in [0.1, 0.15) is 24.8 Å². The first-order chi connectivity index (χ1) is 13.7. The summed E-state index contributed by atoms with van der Waals surface area (Å²) in [5.41, 5.74) is 1.83. The maximum absolute atomic E-state index is 13.2. The Morgan fingerprint density at radius 2 is 1.82 bits per heavy atom. The highest BCUT2D eigenvalue weighted by Gasteiger charge is 2.41. The number of nitrogens with one attached hydrogen (secondary N) is 1. The molecule has 1 N–H and O–H groups in total. The molecule has 1 saturated heterocycles. The van der Waals surface area contributed by atoms with E-state index in [1.165, 1.54) is 10.9 Å². The fraction of sp³-hybridized carbons (Fsp3) is 0.348. The molecule has 0 saturated carbocycles. The Balaban J connectivity index is 1.40. The SMILES string of the molecule is O=C(NCCCn1ccc2ccccc21)C1(c2ccc(Br)cc2)CCOCC1. The van der Waals surface area contributed by atoms with Gasteiger partial charge in [0, 0.05) is 42.5 Å². The first kappa shape index (κ1) is 19.2. The van der Waals surface area contributed by atoms with Crippen LogP contribution in [0.4, 0.5) is 0 Å². The molecule has 4 nitrogen and oxygen atoms in total. The summed E-state index contributed by atoms with van der Waals surface area (Å²) in [6, 6.07) is 18.7. The topological polar surface area (TPSA) is 43.3 Å². The van der Waals surface area contributed by atoms with Crippen LogP contribution in [-0.4, -0.2) is 30.2 Å². The molecule has 4 rings (SSSR count). The van der Waals surface area contributed by atoms with Crippen LogP contribution in [0.2, 0.25) is 0 Å². The number of fused-ring (bicyclic) bond motifs is 1. The zero-order chi connectivity index (χ0) is 19.4. The van der Waals surface area contributed by atoms with E-state index >= 15 is 0 Å². The summed E-state index contributed by atoms with van der Waals surface area (Å²) >= 11 is 3.48. The van der Waals surface area contributed by atoms with E-state index in [9.17, 15) is 4.79 Å². The first-order valence-electron chi connectivity index (χ1n) is 9.85. The van der Waals surface area contributed by atoms with E-state index in [1.807, 2.05) is 12.1 Å². The van der Waals surface area contributed by atoms with Gasteiger partial charge in [-0.15, -0.1) is 0 Å². The van der Waals surface area contributed by atoms with Gasteiger partial charge in [-0.25, -0.2) is 0 Å². The molecule has 1 aliphatic rings. The van der Waals surface area contributed by atoms with E-state index in [-0.39, 0.29) is 5.91 Å². The maximum Gasteiger partial charge on any atom is 0.230 e. The minimum absolute atomic E-state index is 0.121. The second-order valence-corrected chi connectivity index (χ2v) is 8.29. The normalized spacial score (nSPS) is 16.2. The Kier molecular flexibility index (Phi) is 5.83. The van der Waals surface area contributed by atoms with Crippen LogP contribution >= 0.6 is 15.9 Å². The third-order valence-electron chi connectivity index (χ3n) is 5.72. The van der Waals surface area contributed by atoms with Gasteiger partial charge in [0.25, 0.3) is 0 Å². The van der Waals surface area contributed by atoms with Crippen molar-refractivity contribution < 1.29 is 9.53 Å². The Hall–Kier alpha value is -2.11. The second-order valence-electron chi connectivity index (χ2n) is 7.38. The van der Waals surface area contributed by atoms with Crippen molar-refractivity contribution in [1.29, 1.82) is 0 Å².